The Kier molecular flexibility index (Phi) is 4.76. The standard InChI is InChI=1S/C13H22N2O2S/c1-5-14-10-11-8-6-7-9-12(11)15-18(16,17)13(2,3)4/h6-9,14-15H,5,10H2,1-4H3. The molecule has 0 saturated carbocycles. The lowest BCUT2D eigenvalue weighted by atomic mass is 10.2. The predicted octanol–water partition coefficient (Wildman–Crippen LogP) is 2.34. The van der Waals surface area contributed by atoms with Crippen LogP contribution in [0.15, 0.2) is 24.3 Å². The molecule has 0 aliphatic heterocycles. The van der Waals surface area contributed by atoms with Gasteiger partial charge in [-0.3, -0.25) is 4.72 Å². The molecule has 0 heterocycles. The van der Waals surface area contributed by atoms with E-state index in [4.69, 9.17) is 0 Å². The molecule has 2 N–H and O–H groups in total. The molecule has 5 heteroatoms. The lowest BCUT2D eigenvalue weighted by molar-refractivity contribution is 0.566. The molecular weight excluding hydrogens is 248 g/mol. The van der Waals surface area contributed by atoms with Crippen molar-refractivity contribution >= 4 is 15.7 Å². The first-order valence-electron chi connectivity index (χ1n) is 6.09. The van der Waals surface area contributed by atoms with Crippen LogP contribution in [-0.4, -0.2) is 19.7 Å². The average Bonchev–Trinajstić information content (AvgIpc) is 2.26. The molecule has 102 valence electrons. The number of sulfonamides is 1. The van der Waals surface area contributed by atoms with Gasteiger partial charge in [-0.05, 0) is 38.9 Å². The number of anilines is 1. The number of nitrogens with one attached hydrogen (secondary N) is 2. The summed E-state index contributed by atoms with van der Waals surface area (Å²) in [6.07, 6.45) is 0. The zero-order chi connectivity index (χ0) is 13.8. The normalized spacial score (nSPS) is 12.4. The Bertz CT molecular complexity index is 490. The van der Waals surface area contributed by atoms with E-state index in [9.17, 15) is 8.42 Å². The highest BCUT2D eigenvalue weighted by Gasteiger charge is 2.29. The van der Waals surface area contributed by atoms with Gasteiger partial charge in [-0.1, -0.05) is 25.1 Å². The summed E-state index contributed by atoms with van der Waals surface area (Å²) < 4.78 is 26.1. The van der Waals surface area contributed by atoms with Crippen molar-refractivity contribution in [3.05, 3.63) is 29.8 Å². The number of benzene rings is 1. The van der Waals surface area contributed by atoms with E-state index in [2.05, 4.69) is 10.0 Å². The van der Waals surface area contributed by atoms with E-state index in [1.165, 1.54) is 0 Å². The summed E-state index contributed by atoms with van der Waals surface area (Å²) in [4.78, 5) is 0. The van der Waals surface area contributed by atoms with E-state index in [0.717, 1.165) is 12.1 Å². The zero-order valence-corrected chi connectivity index (χ0v) is 12.3. The lowest BCUT2D eigenvalue weighted by Crippen LogP contribution is -2.34. The van der Waals surface area contributed by atoms with E-state index in [-0.39, 0.29) is 0 Å². The topological polar surface area (TPSA) is 58.2 Å². The van der Waals surface area contributed by atoms with Crippen LogP contribution < -0.4 is 10.0 Å². The first-order chi connectivity index (χ1) is 8.28. The number of hydrogen-bond acceptors (Lipinski definition) is 3. The largest absolute Gasteiger partial charge is 0.313 e. The molecule has 0 aliphatic rings. The highest BCUT2D eigenvalue weighted by atomic mass is 32.2. The van der Waals surface area contributed by atoms with Crippen LogP contribution in [0, 0.1) is 0 Å². The van der Waals surface area contributed by atoms with Gasteiger partial charge in [0.15, 0.2) is 0 Å². The molecular formula is C13H22N2O2S. The SMILES string of the molecule is CCNCc1ccccc1NS(=O)(=O)C(C)(C)C. The van der Waals surface area contributed by atoms with Gasteiger partial charge in [-0.25, -0.2) is 8.42 Å². The second-order valence-electron chi connectivity index (χ2n) is 5.16. The van der Waals surface area contributed by atoms with Crippen molar-refractivity contribution in [1.29, 1.82) is 0 Å². The highest BCUT2D eigenvalue weighted by Crippen LogP contribution is 2.22. The number of para-hydroxylation sites is 1. The van der Waals surface area contributed by atoms with Gasteiger partial charge in [0.05, 0.1) is 10.4 Å². The van der Waals surface area contributed by atoms with Gasteiger partial charge in [-0.2, -0.15) is 0 Å². The molecule has 1 rings (SSSR count). The van der Waals surface area contributed by atoms with Crippen LogP contribution in [0.3, 0.4) is 0 Å². The van der Waals surface area contributed by atoms with E-state index in [1.807, 2.05) is 25.1 Å². The maximum absolute atomic E-state index is 12.1. The van der Waals surface area contributed by atoms with Crippen LogP contribution in [-0.2, 0) is 16.6 Å². The van der Waals surface area contributed by atoms with E-state index in [1.54, 1.807) is 26.8 Å². The maximum Gasteiger partial charge on any atom is 0.237 e. The third-order valence-corrected chi connectivity index (χ3v) is 4.73. The van der Waals surface area contributed by atoms with Crippen molar-refractivity contribution < 1.29 is 8.42 Å². The first-order valence-corrected chi connectivity index (χ1v) is 7.57. The van der Waals surface area contributed by atoms with Crippen LogP contribution in [0.1, 0.15) is 33.3 Å². The first kappa shape index (κ1) is 15.0. The lowest BCUT2D eigenvalue weighted by Gasteiger charge is -2.21. The number of rotatable bonds is 5. The van der Waals surface area contributed by atoms with Gasteiger partial charge in [0.25, 0.3) is 0 Å². The summed E-state index contributed by atoms with van der Waals surface area (Å²) >= 11 is 0. The highest BCUT2D eigenvalue weighted by molar-refractivity contribution is 7.94. The van der Waals surface area contributed by atoms with Crippen LogP contribution in [0.2, 0.25) is 0 Å². The van der Waals surface area contributed by atoms with Gasteiger partial charge in [0.2, 0.25) is 10.0 Å². The van der Waals surface area contributed by atoms with Crippen molar-refractivity contribution in [3.63, 3.8) is 0 Å². The Hall–Kier alpha value is -1.07. The second-order valence-corrected chi connectivity index (χ2v) is 7.59. The van der Waals surface area contributed by atoms with Gasteiger partial charge < -0.3 is 5.32 Å². The van der Waals surface area contributed by atoms with Crippen molar-refractivity contribution in [2.24, 2.45) is 0 Å². The molecule has 18 heavy (non-hydrogen) atoms. The fourth-order valence-electron chi connectivity index (χ4n) is 1.33. The minimum absolute atomic E-state index is 0.647. The summed E-state index contributed by atoms with van der Waals surface area (Å²) in [6, 6.07) is 7.44. The average molecular weight is 270 g/mol. The zero-order valence-electron chi connectivity index (χ0n) is 11.4. The van der Waals surface area contributed by atoms with E-state index in [0.29, 0.717) is 12.2 Å². The molecule has 0 atom stereocenters. The fraction of sp³-hybridized carbons (Fsp3) is 0.538. The van der Waals surface area contributed by atoms with Crippen molar-refractivity contribution in [1.82, 2.24) is 5.32 Å². The molecule has 0 bridgehead atoms. The van der Waals surface area contributed by atoms with Crippen LogP contribution in [0.5, 0.6) is 0 Å². The third-order valence-electron chi connectivity index (χ3n) is 2.63. The quantitative estimate of drug-likeness (QED) is 0.863. The van der Waals surface area contributed by atoms with Crippen LogP contribution >= 0.6 is 0 Å². The van der Waals surface area contributed by atoms with Gasteiger partial charge in [0.1, 0.15) is 0 Å². The Morgan fingerprint density at radius 1 is 1.17 bits per heavy atom. The molecule has 1 aromatic carbocycles. The smallest absolute Gasteiger partial charge is 0.237 e. The second kappa shape index (κ2) is 5.71. The minimum atomic E-state index is -3.38. The van der Waals surface area contributed by atoms with Crippen molar-refractivity contribution in [2.45, 2.75) is 39.0 Å². The summed E-state index contributed by atoms with van der Waals surface area (Å²) in [6.45, 7) is 8.56. The third kappa shape index (κ3) is 3.71. The predicted molar refractivity (Wildman–Crippen MR) is 76.1 cm³/mol. The maximum atomic E-state index is 12.1. The fourth-order valence-corrected chi connectivity index (χ4v) is 2.13. The molecule has 0 saturated heterocycles. The molecule has 0 radical (unpaired) electrons. The van der Waals surface area contributed by atoms with Crippen LogP contribution in [0.25, 0.3) is 0 Å². The van der Waals surface area contributed by atoms with Gasteiger partial charge in [-0.15, -0.1) is 0 Å². The molecule has 0 amide bonds. The molecule has 0 unspecified atom stereocenters. The molecule has 0 aromatic heterocycles. The molecule has 0 fully saturated rings. The summed E-state index contributed by atoms with van der Waals surface area (Å²) in [5, 5.41) is 3.19. The van der Waals surface area contributed by atoms with Gasteiger partial charge >= 0.3 is 0 Å². The summed E-state index contributed by atoms with van der Waals surface area (Å²) in [7, 11) is -3.38. The van der Waals surface area contributed by atoms with Crippen molar-refractivity contribution in [2.75, 3.05) is 11.3 Å². The van der Waals surface area contributed by atoms with E-state index >= 15 is 0 Å². The molecule has 1 aromatic rings. The van der Waals surface area contributed by atoms with Gasteiger partial charge in [0, 0.05) is 6.54 Å². The monoisotopic (exact) mass is 270 g/mol. The Morgan fingerprint density at radius 3 is 2.33 bits per heavy atom. The molecule has 4 nitrogen and oxygen atoms in total. The minimum Gasteiger partial charge on any atom is -0.313 e. The van der Waals surface area contributed by atoms with Crippen molar-refractivity contribution in [3.8, 4) is 0 Å². The number of hydrogen-bond donors (Lipinski definition) is 2. The molecule has 0 spiro atoms. The van der Waals surface area contributed by atoms with E-state index < -0.39 is 14.8 Å². The Morgan fingerprint density at radius 2 is 1.78 bits per heavy atom. The Labute approximate surface area is 110 Å². The van der Waals surface area contributed by atoms with Crippen LogP contribution in [0.4, 0.5) is 5.69 Å². The Balaban J connectivity index is 2.98. The summed E-state index contributed by atoms with van der Waals surface area (Å²) in [5.74, 6) is 0. The summed E-state index contributed by atoms with van der Waals surface area (Å²) in [5.41, 5.74) is 1.60. The molecule has 0 aliphatic carbocycles.